The van der Waals surface area contributed by atoms with Crippen molar-refractivity contribution in [1.29, 1.82) is 0 Å². The van der Waals surface area contributed by atoms with E-state index in [1.807, 2.05) is 24.3 Å². The van der Waals surface area contributed by atoms with Crippen LogP contribution < -0.4 is 10.4 Å². The minimum absolute atomic E-state index is 0.102. The molecule has 1 N–H and O–H groups in total. The number of nitrogens with zero attached hydrogens (tertiary/aromatic N) is 1. The van der Waals surface area contributed by atoms with Gasteiger partial charge < -0.3 is 9.74 Å². The van der Waals surface area contributed by atoms with Crippen molar-refractivity contribution >= 4 is 23.5 Å². The van der Waals surface area contributed by atoms with Crippen LogP contribution in [0.15, 0.2) is 35.9 Å². The molecule has 1 heterocycles. The van der Waals surface area contributed by atoms with E-state index in [1.54, 1.807) is 45.7 Å². The molecular weight excluding hydrogens is 308 g/mol. The van der Waals surface area contributed by atoms with Crippen LogP contribution in [0.3, 0.4) is 0 Å². The van der Waals surface area contributed by atoms with Gasteiger partial charge in [0.1, 0.15) is 0 Å². The normalized spacial score (nSPS) is 17.5. The van der Waals surface area contributed by atoms with Gasteiger partial charge in [0.25, 0.3) is 5.91 Å². The van der Waals surface area contributed by atoms with Gasteiger partial charge in [-0.05, 0) is 39.3 Å². The maximum atomic E-state index is 12.4. The number of benzene rings is 1. The van der Waals surface area contributed by atoms with Gasteiger partial charge in [-0.3, -0.25) is 9.59 Å². The zero-order chi connectivity index (χ0) is 18.1. The molecule has 0 aliphatic carbocycles. The number of likely N-dealkylation sites (N-methyl/N-ethyl adjacent to an activating group) is 1. The molecule has 1 aromatic rings. The van der Waals surface area contributed by atoms with Gasteiger partial charge >= 0.3 is 5.97 Å². The van der Waals surface area contributed by atoms with E-state index in [9.17, 15) is 14.4 Å². The van der Waals surface area contributed by atoms with Crippen LogP contribution in [0.1, 0.15) is 39.2 Å². The molecule has 2 rings (SSSR count). The number of carbonyl (C=O) groups excluding carboxylic acids is 3. The van der Waals surface area contributed by atoms with Gasteiger partial charge in [0.2, 0.25) is 5.91 Å². The molecular formula is C18H22N2O4. The summed E-state index contributed by atoms with van der Waals surface area (Å²) in [7, 11) is 1.70. The summed E-state index contributed by atoms with van der Waals surface area (Å²) in [5.41, 5.74) is 3.40. The van der Waals surface area contributed by atoms with Crippen molar-refractivity contribution in [3.05, 3.63) is 41.5 Å². The Labute approximate surface area is 141 Å². The second kappa shape index (κ2) is 6.47. The highest BCUT2D eigenvalue weighted by Crippen LogP contribution is 2.37. The van der Waals surface area contributed by atoms with Crippen LogP contribution in [0.5, 0.6) is 0 Å². The summed E-state index contributed by atoms with van der Waals surface area (Å²) in [6, 6.07) is 7.44. The zero-order valence-electron chi connectivity index (χ0n) is 14.5. The molecule has 1 unspecified atom stereocenters. The monoisotopic (exact) mass is 330 g/mol. The number of hydroxylamine groups is 1. The van der Waals surface area contributed by atoms with Crippen molar-refractivity contribution in [1.82, 2.24) is 5.48 Å². The van der Waals surface area contributed by atoms with Gasteiger partial charge in [-0.25, -0.2) is 4.79 Å². The summed E-state index contributed by atoms with van der Waals surface area (Å²) in [4.78, 5) is 42.5. The van der Waals surface area contributed by atoms with E-state index in [0.29, 0.717) is 5.57 Å². The molecule has 6 nitrogen and oxygen atoms in total. The van der Waals surface area contributed by atoms with E-state index in [-0.39, 0.29) is 5.91 Å². The van der Waals surface area contributed by atoms with E-state index in [2.05, 4.69) is 5.48 Å². The second-order valence-electron chi connectivity index (χ2n) is 6.85. The maximum absolute atomic E-state index is 12.4. The summed E-state index contributed by atoms with van der Waals surface area (Å²) in [6.45, 7) is 6.64. The van der Waals surface area contributed by atoms with Crippen LogP contribution in [0.2, 0.25) is 0 Å². The van der Waals surface area contributed by atoms with Crippen LogP contribution >= 0.6 is 0 Å². The Morgan fingerprint density at radius 3 is 2.50 bits per heavy atom. The summed E-state index contributed by atoms with van der Waals surface area (Å²) in [5.74, 6) is -1.71. The highest BCUT2D eigenvalue weighted by Gasteiger charge is 2.33. The van der Waals surface area contributed by atoms with Crippen LogP contribution in [-0.4, -0.2) is 24.8 Å². The first kappa shape index (κ1) is 17.7. The van der Waals surface area contributed by atoms with Crippen molar-refractivity contribution in [2.45, 2.75) is 33.6 Å². The lowest BCUT2D eigenvalue weighted by atomic mass is 9.97. The Balaban J connectivity index is 2.12. The number of hydrogen-bond acceptors (Lipinski definition) is 4. The SMILES string of the molecule is C/C(=C/C1C(=O)N(C)c2ccccc21)C(=O)NOC(=O)C(C)(C)C. The molecule has 0 saturated carbocycles. The molecule has 0 saturated heterocycles. The molecule has 0 aromatic heterocycles. The van der Waals surface area contributed by atoms with Gasteiger partial charge in [0.05, 0.1) is 11.3 Å². The highest BCUT2D eigenvalue weighted by atomic mass is 16.7. The zero-order valence-corrected chi connectivity index (χ0v) is 14.5. The summed E-state index contributed by atoms with van der Waals surface area (Å²) in [6.07, 6.45) is 1.59. The quantitative estimate of drug-likeness (QED) is 0.667. The third-order valence-corrected chi connectivity index (χ3v) is 3.85. The smallest absolute Gasteiger partial charge is 0.337 e. The van der Waals surface area contributed by atoms with Gasteiger partial charge in [0.15, 0.2) is 0 Å². The van der Waals surface area contributed by atoms with E-state index in [0.717, 1.165) is 11.3 Å². The number of hydrogen-bond donors (Lipinski definition) is 1. The molecule has 1 aliphatic rings. The van der Waals surface area contributed by atoms with Crippen LogP contribution in [0.4, 0.5) is 5.69 Å². The summed E-state index contributed by atoms with van der Waals surface area (Å²) in [5, 5.41) is 0. The van der Waals surface area contributed by atoms with Crippen LogP contribution in [0.25, 0.3) is 0 Å². The molecule has 0 radical (unpaired) electrons. The average molecular weight is 330 g/mol. The lowest BCUT2D eigenvalue weighted by Gasteiger charge is -2.16. The first-order chi connectivity index (χ1) is 11.1. The van der Waals surface area contributed by atoms with Crippen molar-refractivity contribution < 1.29 is 19.2 Å². The van der Waals surface area contributed by atoms with Crippen molar-refractivity contribution in [3.63, 3.8) is 0 Å². The van der Waals surface area contributed by atoms with Crippen molar-refractivity contribution in [3.8, 4) is 0 Å². The largest absolute Gasteiger partial charge is 0.340 e. The average Bonchev–Trinajstić information content (AvgIpc) is 2.76. The Morgan fingerprint density at radius 1 is 1.25 bits per heavy atom. The molecule has 1 atom stereocenters. The van der Waals surface area contributed by atoms with E-state index in [1.165, 1.54) is 0 Å². The number of fused-ring (bicyclic) bond motifs is 1. The molecule has 1 aromatic carbocycles. The molecule has 0 fully saturated rings. The van der Waals surface area contributed by atoms with E-state index < -0.39 is 23.2 Å². The lowest BCUT2D eigenvalue weighted by molar-refractivity contribution is -0.165. The number of carbonyl (C=O) groups is 3. The van der Waals surface area contributed by atoms with Crippen molar-refractivity contribution in [2.24, 2.45) is 5.41 Å². The van der Waals surface area contributed by atoms with Crippen molar-refractivity contribution in [2.75, 3.05) is 11.9 Å². The minimum Gasteiger partial charge on any atom is -0.340 e. The van der Waals surface area contributed by atoms with Gasteiger partial charge in [-0.15, -0.1) is 0 Å². The Kier molecular flexibility index (Phi) is 4.78. The van der Waals surface area contributed by atoms with Gasteiger partial charge in [0, 0.05) is 18.3 Å². The Morgan fingerprint density at radius 2 is 1.88 bits per heavy atom. The number of para-hydroxylation sites is 1. The lowest BCUT2D eigenvalue weighted by Crippen LogP contribution is -2.33. The third-order valence-electron chi connectivity index (χ3n) is 3.85. The first-order valence-corrected chi connectivity index (χ1v) is 7.69. The highest BCUT2D eigenvalue weighted by molar-refractivity contribution is 6.06. The molecule has 128 valence electrons. The molecule has 24 heavy (non-hydrogen) atoms. The molecule has 0 spiro atoms. The maximum Gasteiger partial charge on any atom is 0.337 e. The third kappa shape index (κ3) is 3.48. The fourth-order valence-electron chi connectivity index (χ4n) is 2.33. The summed E-state index contributed by atoms with van der Waals surface area (Å²) < 4.78 is 0. The summed E-state index contributed by atoms with van der Waals surface area (Å²) >= 11 is 0. The predicted octanol–water partition coefficient (Wildman–Crippen LogP) is 2.31. The fraction of sp³-hybridized carbons (Fsp3) is 0.389. The van der Waals surface area contributed by atoms with Gasteiger partial charge in [-0.2, -0.15) is 5.48 Å². The van der Waals surface area contributed by atoms with E-state index in [4.69, 9.17) is 4.84 Å². The minimum atomic E-state index is -0.714. The topological polar surface area (TPSA) is 75.7 Å². The molecule has 0 bridgehead atoms. The Bertz CT molecular complexity index is 716. The number of rotatable bonds is 2. The number of anilines is 1. The number of nitrogens with one attached hydrogen (secondary N) is 1. The van der Waals surface area contributed by atoms with Gasteiger partial charge in [-0.1, -0.05) is 24.3 Å². The number of amides is 2. The standard InChI is InChI=1S/C18H22N2O4/c1-11(15(21)19-24-17(23)18(2,3)4)10-13-12-8-6-7-9-14(12)20(5)16(13)22/h6-10,13H,1-5H3,(H,19,21)/b11-10-. The molecule has 6 heteroatoms. The van der Waals surface area contributed by atoms with Crippen LogP contribution in [-0.2, 0) is 19.2 Å². The Hall–Kier alpha value is -2.63. The molecule has 2 amide bonds. The van der Waals surface area contributed by atoms with E-state index >= 15 is 0 Å². The first-order valence-electron chi connectivity index (χ1n) is 7.69. The fourth-order valence-corrected chi connectivity index (χ4v) is 2.33. The predicted molar refractivity (Wildman–Crippen MR) is 90.0 cm³/mol. The second-order valence-corrected chi connectivity index (χ2v) is 6.85. The molecule has 1 aliphatic heterocycles. The van der Waals surface area contributed by atoms with Crippen LogP contribution in [0, 0.1) is 5.41 Å².